The smallest absolute Gasteiger partial charge is 0.0641 e. The van der Waals surface area contributed by atoms with Crippen molar-refractivity contribution in [1.82, 2.24) is 10.2 Å². The summed E-state index contributed by atoms with van der Waals surface area (Å²) < 4.78 is 5.75. The van der Waals surface area contributed by atoms with Gasteiger partial charge in [0.05, 0.1) is 5.60 Å². The van der Waals surface area contributed by atoms with E-state index in [9.17, 15) is 0 Å². The summed E-state index contributed by atoms with van der Waals surface area (Å²) in [6.07, 6.45) is 5.07. The first kappa shape index (κ1) is 13.3. The van der Waals surface area contributed by atoms with Gasteiger partial charge in [-0.15, -0.1) is 0 Å². The van der Waals surface area contributed by atoms with Crippen molar-refractivity contribution >= 4 is 0 Å². The SMILES string of the molecule is CC(CNC1CCOC(C)(C)C1)N1CCCC1. The van der Waals surface area contributed by atoms with Crippen molar-refractivity contribution in [3.8, 4) is 0 Å². The van der Waals surface area contributed by atoms with E-state index in [0.29, 0.717) is 12.1 Å². The van der Waals surface area contributed by atoms with E-state index in [-0.39, 0.29) is 5.60 Å². The Morgan fingerprint density at radius 2 is 2.06 bits per heavy atom. The fourth-order valence-corrected chi connectivity index (χ4v) is 3.05. The molecule has 3 nitrogen and oxygen atoms in total. The molecule has 17 heavy (non-hydrogen) atoms. The lowest BCUT2D eigenvalue weighted by atomic mass is 9.94. The minimum atomic E-state index is 0.0623. The van der Waals surface area contributed by atoms with Gasteiger partial charge in [0.1, 0.15) is 0 Å². The van der Waals surface area contributed by atoms with Crippen LogP contribution in [0.15, 0.2) is 0 Å². The van der Waals surface area contributed by atoms with E-state index in [0.717, 1.165) is 26.0 Å². The minimum absolute atomic E-state index is 0.0623. The van der Waals surface area contributed by atoms with Gasteiger partial charge in [-0.25, -0.2) is 0 Å². The summed E-state index contributed by atoms with van der Waals surface area (Å²) in [4.78, 5) is 2.61. The van der Waals surface area contributed by atoms with Gasteiger partial charge in [0.25, 0.3) is 0 Å². The number of nitrogens with zero attached hydrogens (tertiary/aromatic N) is 1. The van der Waals surface area contributed by atoms with Gasteiger partial charge < -0.3 is 10.1 Å². The first-order valence-corrected chi connectivity index (χ1v) is 7.18. The highest BCUT2D eigenvalue weighted by Gasteiger charge is 2.29. The van der Waals surface area contributed by atoms with Crippen LogP contribution in [0, 0.1) is 0 Å². The number of ether oxygens (including phenoxy) is 1. The predicted octanol–water partition coefficient (Wildman–Crippen LogP) is 2.02. The van der Waals surface area contributed by atoms with Gasteiger partial charge in [0, 0.05) is 25.2 Å². The van der Waals surface area contributed by atoms with Gasteiger partial charge in [-0.1, -0.05) is 0 Å². The molecule has 0 aromatic rings. The van der Waals surface area contributed by atoms with Gasteiger partial charge in [-0.3, -0.25) is 4.90 Å². The molecule has 100 valence electrons. The molecule has 2 heterocycles. The molecule has 2 rings (SSSR count). The second kappa shape index (κ2) is 5.68. The summed E-state index contributed by atoms with van der Waals surface area (Å²) in [6.45, 7) is 11.4. The maximum Gasteiger partial charge on any atom is 0.0641 e. The Balaban J connectivity index is 1.70. The normalized spacial score (nSPS) is 31.6. The fraction of sp³-hybridized carbons (Fsp3) is 1.00. The van der Waals surface area contributed by atoms with E-state index in [1.165, 1.54) is 25.9 Å². The molecule has 0 amide bonds. The molecule has 0 aromatic carbocycles. The van der Waals surface area contributed by atoms with Gasteiger partial charge in [0.2, 0.25) is 0 Å². The predicted molar refractivity (Wildman–Crippen MR) is 71.3 cm³/mol. The molecule has 0 aromatic heterocycles. The average Bonchev–Trinajstić information content (AvgIpc) is 2.78. The van der Waals surface area contributed by atoms with Crippen LogP contribution in [0.25, 0.3) is 0 Å². The highest BCUT2D eigenvalue weighted by atomic mass is 16.5. The Morgan fingerprint density at radius 1 is 1.35 bits per heavy atom. The quantitative estimate of drug-likeness (QED) is 0.813. The van der Waals surface area contributed by atoms with Crippen molar-refractivity contribution in [2.24, 2.45) is 0 Å². The molecule has 0 aliphatic carbocycles. The van der Waals surface area contributed by atoms with Crippen LogP contribution in [0.4, 0.5) is 0 Å². The second-order valence-electron chi connectivity index (χ2n) is 6.30. The molecule has 2 unspecified atom stereocenters. The zero-order chi connectivity index (χ0) is 12.3. The van der Waals surface area contributed by atoms with E-state index in [2.05, 4.69) is 31.0 Å². The molecule has 2 aliphatic rings. The van der Waals surface area contributed by atoms with E-state index in [1.807, 2.05) is 0 Å². The number of hydrogen-bond acceptors (Lipinski definition) is 3. The van der Waals surface area contributed by atoms with Crippen molar-refractivity contribution in [2.75, 3.05) is 26.2 Å². The summed E-state index contributed by atoms with van der Waals surface area (Å²) in [7, 11) is 0. The standard InChI is InChI=1S/C14H28N2O/c1-12(16-7-4-5-8-16)11-15-13-6-9-17-14(2,3)10-13/h12-13,15H,4-11H2,1-3H3. The number of rotatable bonds is 4. The number of nitrogens with one attached hydrogen (secondary N) is 1. The first-order chi connectivity index (χ1) is 8.07. The zero-order valence-corrected chi connectivity index (χ0v) is 11.7. The Labute approximate surface area is 106 Å². The van der Waals surface area contributed by atoms with Crippen molar-refractivity contribution in [3.63, 3.8) is 0 Å². The summed E-state index contributed by atoms with van der Waals surface area (Å²) in [5, 5.41) is 3.73. The summed E-state index contributed by atoms with van der Waals surface area (Å²) in [5.74, 6) is 0. The van der Waals surface area contributed by atoms with Crippen LogP contribution in [-0.2, 0) is 4.74 Å². The molecule has 2 saturated heterocycles. The van der Waals surface area contributed by atoms with Crippen LogP contribution in [-0.4, -0.2) is 48.8 Å². The molecule has 2 aliphatic heterocycles. The molecule has 1 N–H and O–H groups in total. The zero-order valence-electron chi connectivity index (χ0n) is 11.7. The molecular formula is C14H28N2O. The third kappa shape index (κ3) is 3.94. The Kier molecular flexibility index (Phi) is 4.45. The average molecular weight is 240 g/mol. The van der Waals surface area contributed by atoms with E-state index in [1.54, 1.807) is 0 Å². The highest BCUT2D eigenvalue weighted by molar-refractivity contribution is 4.84. The van der Waals surface area contributed by atoms with Crippen LogP contribution in [0.2, 0.25) is 0 Å². The highest BCUT2D eigenvalue weighted by Crippen LogP contribution is 2.24. The van der Waals surface area contributed by atoms with Gasteiger partial charge in [-0.05, 0) is 59.5 Å². The molecule has 2 atom stereocenters. The fourth-order valence-electron chi connectivity index (χ4n) is 3.05. The Morgan fingerprint density at radius 3 is 2.71 bits per heavy atom. The number of likely N-dealkylation sites (tertiary alicyclic amines) is 1. The molecular weight excluding hydrogens is 212 g/mol. The lowest BCUT2D eigenvalue weighted by Crippen LogP contribution is -2.47. The monoisotopic (exact) mass is 240 g/mol. The minimum Gasteiger partial charge on any atom is -0.375 e. The summed E-state index contributed by atoms with van der Waals surface area (Å²) >= 11 is 0. The van der Waals surface area contributed by atoms with Crippen LogP contribution in [0.1, 0.15) is 46.5 Å². The number of hydrogen-bond donors (Lipinski definition) is 1. The first-order valence-electron chi connectivity index (χ1n) is 7.18. The molecule has 0 radical (unpaired) electrons. The maximum atomic E-state index is 5.75. The van der Waals surface area contributed by atoms with Gasteiger partial charge in [-0.2, -0.15) is 0 Å². The third-order valence-corrected chi connectivity index (χ3v) is 4.16. The van der Waals surface area contributed by atoms with Crippen molar-refractivity contribution < 1.29 is 4.74 Å². The topological polar surface area (TPSA) is 24.5 Å². The van der Waals surface area contributed by atoms with Crippen molar-refractivity contribution in [2.45, 2.75) is 64.1 Å². The lowest BCUT2D eigenvalue weighted by molar-refractivity contribution is -0.0632. The van der Waals surface area contributed by atoms with E-state index >= 15 is 0 Å². The molecule has 2 fully saturated rings. The van der Waals surface area contributed by atoms with E-state index < -0.39 is 0 Å². The second-order valence-corrected chi connectivity index (χ2v) is 6.30. The Hall–Kier alpha value is -0.120. The Bertz CT molecular complexity index is 236. The largest absolute Gasteiger partial charge is 0.375 e. The van der Waals surface area contributed by atoms with Crippen molar-refractivity contribution in [3.05, 3.63) is 0 Å². The van der Waals surface area contributed by atoms with Crippen LogP contribution >= 0.6 is 0 Å². The van der Waals surface area contributed by atoms with Crippen LogP contribution < -0.4 is 5.32 Å². The molecule has 0 spiro atoms. The molecule has 3 heteroatoms. The van der Waals surface area contributed by atoms with Gasteiger partial charge >= 0.3 is 0 Å². The lowest BCUT2D eigenvalue weighted by Gasteiger charge is -2.37. The van der Waals surface area contributed by atoms with Crippen molar-refractivity contribution in [1.29, 1.82) is 0 Å². The van der Waals surface area contributed by atoms with Gasteiger partial charge in [0.15, 0.2) is 0 Å². The third-order valence-electron chi connectivity index (χ3n) is 4.16. The van der Waals surface area contributed by atoms with Crippen LogP contribution in [0.3, 0.4) is 0 Å². The molecule has 0 saturated carbocycles. The van der Waals surface area contributed by atoms with E-state index in [4.69, 9.17) is 4.74 Å². The van der Waals surface area contributed by atoms with Crippen LogP contribution in [0.5, 0.6) is 0 Å². The molecule has 0 bridgehead atoms. The summed E-state index contributed by atoms with van der Waals surface area (Å²) in [6, 6.07) is 1.33. The maximum absolute atomic E-state index is 5.75. The summed E-state index contributed by atoms with van der Waals surface area (Å²) in [5.41, 5.74) is 0.0623.